The number of nitrogens with zero attached hydrogens (tertiary/aromatic N) is 2. The summed E-state index contributed by atoms with van der Waals surface area (Å²) in [6.07, 6.45) is 6.06. The summed E-state index contributed by atoms with van der Waals surface area (Å²) in [6.45, 7) is 3.06. The quantitative estimate of drug-likeness (QED) is 0.746. The van der Waals surface area contributed by atoms with Crippen molar-refractivity contribution in [3.63, 3.8) is 0 Å². The highest BCUT2D eigenvalue weighted by Gasteiger charge is 2.15. The molecule has 2 rings (SSSR count). The van der Waals surface area contributed by atoms with E-state index in [0.717, 1.165) is 24.0 Å². The number of aliphatic carboxylic acids is 1. The number of rotatable bonds is 9. The lowest BCUT2D eigenvalue weighted by Crippen LogP contribution is -2.36. The molecule has 0 aliphatic rings. The van der Waals surface area contributed by atoms with Gasteiger partial charge in [0.15, 0.2) is 0 Å². The molecule has 23 heavy (non-hydrogen) atoms. The topological polar surface area (TPSA) is 67.2 Å². The number of benzene rings is 1. The van der Waals surface area contributed by atoms with E-state index in [4.69, 9.17) is 0 Å². The molecular formula is C17H22FN3O2. The van der Waals surface area contributed by atoms with Gasteiger partial charge in [0, 0.05) is 18.3 Å². The van der Waals surface area contributed by atoms with Crippen molar-refractivity contribution in [3.8, 4) is 0 Å². The zero-order chi connectivity index (χ0) is 16.7. The van der Waals surface area contributed by atoms with Crippen LogP contribution in [0.15, 0.2) is 36.7 Å². The maximum absolute atomic E-state index is 12.9. The predicted molar refractivity (Wildman–Crippen MR) is 85.5 cm³/mol. The molecule has 1 aromatic carbocycles. The Morgan fingerprint density at radius 1 is 1.35 bits per heavy atom. The Balaban J connectivity index is 1.88. The highest BCUT2D eigenvalue weighted by Crippen LogP contribution is 2.07. The largest absolute Gasteiger partial charge is 0.480 e. The van der Waals surface area contributed by atoms with Crippen LogP contribution in [0.25, 0.3) is 0 Å². The minimum Gasteiger partial charge on any atom is -0.480 e. The predicted octanol–water partition coefficient (Wildman–Crippen LogP) is 2.80. The Labute approximate surface area is 135 Å². The molecule has 5 nitrogen and oxygen atoms in total. The van der Waals surface area contributed by atoms with Gasteiger partial charge in [-0.25, -0.2) is 4.39 Å². The first-order valence-corrected chi connectivity index (χ1v) is 7.80. The molecule has 1 heterocycles. The van der Waals surface area contributed by atoms with Crippen LogP contribution in [0.5, 0.6) is 0 Å². The van der Waals surface area contributed by atoms with Gasteiger partial charge in [0.25, 0.3) is 0 Å². The first-order valence-electron chi connectivity index (χ1n) is 7.80. The highest BCUT2D eigenvalue weighted by molar-refractivity contribution is 5.73. The molecular weight excluding hydrogens is 297 g/mol. The Kier molecular flexibility index (Phi) is 6.29. The number of carboxylic acid groups (broad SMARTS) is 1. The fourth-order valence-electron chi connectivity index (χ4n) is 2.32. The smallest absolute Gasteiger partial charge is 0.320 e. The third kappa shape index (κ3) is 5.49. The molecule has 1 unspecified atom stereocenters. The zero-order valence-electron chi connectivity index (χ0n) is 13.2. The van der Waals surface area contributed by atoms with E-state index in [-0.39, 0.29) is 5.82 Å². The molecule has 0 radical (unpaired) electrons. The Hall–Kier alpha value is -2.21. The summed E-state index contributed by atoms with van der Waals surface area (Å²) < 4.78 is 14.6. The molecule has 0 aliphatic heterocycles. The molecule has 0 bridgehead atoms. The van der Waals surface area contributed by atoms with E-state index in [0.29, 0.717) is 19.5 Å². The van der Waals surface area contributed by atoms with Crippen molar-refractivity contribution in [2.75, 3.05) is 0 Å². The fourth-order valence-corrected chi connectivity index (χ4v) is 2.32. The van der Waals surface area contributed by atoms with Gasteiger partial charge < -0.3 is 10.4 Å². The van der Waals surface area contributed by atoms with Crippen molar-refractivity contribution in [1.82, 2.24) is 15.1 Å². The Morgan fingerprint density at radius 2 is 2.09 bits per heavy atom. The number of hydrogen-bond acceptors (Lipinski definition) is 3. The highest BCUT2D eigenvalue weighted by atomic mass is 19.1. The summed E-state index contributed by atoms with van der Waals surface area (Å²) in [5.74, 6) is -1.08. The lowest BCUT2D eigenvalue weighted by Gasteiger charge is -2.13. The van der Waals surface area contributed by atoms with E-state index in [1.807, 2.05) is 13.1 Å². The molecule has 0 saturated carbocycles. The first-order chi connectivity index (χ1) is 11.1. The van der Waals surface area contributed by atoms with Crippen LogP contribution in [-0.4, -0.2) is 26.9 Å². The summed E-state index contributed by atoms with van der Waals surface area (Å²) >= 11 is 0. The van der Waals surface area contributed by atoms with Crippen LogP contribution in [0, 0.1) is 5.82 Å². The van der Waals surface area contributed by atoms with Crippen LogP contribution < -0.4 is 5.32 Å². The van der Waals surface area contributed by atoms with Crippen LogP contribution in [0.4, 0.5) is 4.39 Å². The first kappa shape index (κ1) is 17.1. The summed E-state index contributed by atoms with van der Waals surface area (Å²) in [5.41, 5.74) is 1.88. The molecule has 2 aromatic rings. The zero-order valence-corrected chi connectivity index (χ0v) is 13.2. The average Bonchev–Trinajstić information content (AvgIpc) is 2.97. The van der Waals surface area contributed by atoms with Crippen molar-refractivity contribution >= 4 is 5.97 Å². The molecule has 0 aliphatic carbocycles. The minimum atomic E-state index is -0.822. The Morgan fingerprint density at radius 3 is 2.74 bits per heavy atom. The summed E-state index contributed by atoms with van der Waals surface area (Å²) in [7, 11) is 0. The molecule has 0 amide bonds. The van der Waals surface area contributed by atoms with Crippen molar-refractivity contribution < 1.29 is 14.3 Å². The van der Waals surface area contributed by atoms with Crippen LogP contribution >= 0.6 is 0 Å². The standard InChI is InChI=1S/C17H22FN3O2/c1-2-3-4-16(17(22)23)19-9-14-10-20-21(12-14)11-13-5-7-15(18)8-6-13/h5-8,10,12,16,19H,2-4,9,11H2,1H3,(H,22,23). The summed E-state index contributed by atoms with van der Waals surface area (Å²) in [6, 6.07) is 5.76. The van der Waals surface area contributed by atoms with Crippen molar-refractivity contribution in [3.05, 3.63) is 53.6 Å². The monoisotopic (exact) mass is 319 g/mol. The van der Waals surface area contributed by atoms with Gasteiger partial charge in [0.1, 0.15) is 11.9 Å². The third-order valence-corrected chi connectivity index (χ3v) is 3.64. The average molecular weight is 319 g/mol. The molecule has 6 heteroatoms. The number of carboxylic acids is 1. The molecule has 1 atom stereocenters. The van der Waals surface area contributed by atoms with Crippen LogP contribution in [-0.2, 0) is 17.9 Å². The van der Waals surface area contributed by atoms with E-state index < -0.39 is 12.0 Å². The van der Waals surface area contributed by atoms with E-state index in [1.54, 1.807) is 23.0 Å². The molecule has 0 fully saturated rings. The van der Waals surface area contributed by atoms with Crippen molar-refractivity contribution in [2.24, 2.45) is 0 Å². The van der Waals surface area contributed by atoms with E-state index in [9.17, 15) is 14.3 Å². The molecule has 2 N–H and O–H groups in total. The second-order valence-electron chi connectivity index (χ2n) is 5.59. The van der Waals surface area contributed by atoms with Crippen molar-refractivity contribution in [2.45, 2.75) is 45.3 Å². The SMILES string of the molecule is CCCCC(NCc1cnn(Cc2ccc(F)cc2)c1)C(=O)O. The van der Waals surface area contributed by atoms with Gasteiger partial charge in [-0.15, -0.1) is 0 Å². The second-order valence-corrected chi connectivity index (χ2v) is 5.59. The fraction of sp³-hybridized carbons (Fsp3) is 0.412. The molecule has 1 aromatic heterocycles. The summed E-state index contributed by atoms with van der Waals surface area (Å²) in [4.78, 5) is 11.2. The van der Waals surface area contributed by atoms with E-state index >= 15 is 0 Å². The van der Waals surface area contributed by atoms with Crippen LogP contribution in [0.3, 0.4) is 0 Å². The van der Waals surface area contributed by atoms with Crippen molar-refractivity contribution in [1.29, 1.82) is 0 Å². The maximum atomic E-state index is 12.9. The minimum absolute atomic E-state index is 0.258. The molecule has 124 valence electrons. The third-order valence-electron chi connectivity index (χ3n) is 3.64. The van der Waals surface area contributed by atoms with Crippen LogP contribution in [0.1, 0.15) is 37.3 Å². The Bertz CT molecular complexity index is 625. The van der Waals surface area contributed by atoms with Gasteiger partial charge in [-0.1, -0.05) is 31.9 Å². The maximum Gasteiger partial charge on any atom is 0.320 e. The molecule has 0 saturated heterocycles. The number of halogens is 1. The number of unbranched alkanes of at least 4 members (excludes halogenated alkanes) is 1. The normalized spacial score (nSPS) is 12.3. The van der Waals surface area contributed by atoms with E-state index in [2.05, 4.69) is 10.4 Å². The van der Waals surface area contributed by atoms with E-state index in [1.165, 1.54) is 12.1 Å². The van der Waals surface area contributed by atoms with Gasteiger partial charge in [-0.05, 0) is 24.1 Å². The van der Waals surface area contributed by atoms with Gasteiger partial charge in [0.2, 0.25) is 0 Å². The van der Waals surface area contributed by atoms with Gasteiger partial charge >= 0.3 is 5.97 Å². The molecule has 0 spiro atoms. The van der Waals surface area contributed by atoms with Gasteiger partial charge in [0.05, 0.1) is 12.7 Å². The number of aromatic nitrogens is 2. The second kappa shape index (κ2) is 8.43. The van der Waals surface area contributed by atoms with Gasteiger partial charge in [-0.2, -0.15) is 5.10 Å². The number of nitrogens with one attached hydrogen (secondary N) is 1. The lowest BCUT2D eigenvalue weighted by molar-refractivity contribution is -0.139. The number of carbonyl (C=O) groups is 1. The number of hydrogen-bond donors (Lipinski definition) is 2. The lowest BCUT2D eigenvalue weighted by atomic mass is 10.1. The summed E-state index contributed by atoms with van der Waals surface area (Å²) in [5, 5.41) is 16.5. The van der Waals surface area contributed by atoms with Gasteiger partial charge in [-0.3, -0.25) is 9.48 Å². The van der Waals surface area contributed by atoms with Crippen LogP contribution in [0.2, 0.25) is 0 Å².